The van der Waals surface area contributed by atoms with Gasteiger partial charge in [-0.05, 0) is 0 Å². The van der Waals surface area contributed by atoms with Gasteiger partial charge in [0.15, 0.2) is 5.65 Å². The fraction of sp³-hybridized carbons (Fsp3) is 0.444. The van der Waals surface area contributed by atoms with Gasteiger partial charge in [-0.2, -0.15) is 28.2 Å². The highest BCUT2D eigenvalue weighted by Crippen LogP contribution is 2.25. The average Bonchev–Trinajstić information content (AvgIpc) is 2.81. The summed E-state index contributed by atoms with van der Waals surface area (Å²) in [4.78, 5) is 9.42. The average molecular weight is 275 g/mol. The number of nitrogens with two attached hydrogens (primary N) is 1. The Hall–Kier alpha value is -2.10. The largest absolute Gasteiger partial charge is 0.390 e. The van der Waals surface area contributed by atoms with Gasteiger partial charge in [0, 0.05) is 13.6 Å². The number of hydrogen-bond donors (Lipinski definition) is 3. The van der Waals surface area contributed by atoms with Crippen molar-refractivity contribution in [2.75, 3.05) is 23.9 Å². The molecular weight excluding hydrogens is 263 g/mol. The minimum Gasteiger partial charge on any atom is -0.359 e. The van der Waals surface area contributed by atoms with Gasteiger partial charge in [0.2, 0.25) is 5.95 Å². The van der Waals surface area contributed by atoms with Crippen molar-refractivity contribution in [3.63, 3.8) is 0 Å². The first kappa shape index (κ1) is 13.3. The van der Waals surface area contributed by atoms with Crippen LogP contribution in [0.5, 0.6) is 0 Å². The Morgan fingerprint density at radius 2 is 2.16 bits per heavy atom. The summed E-state index contributed by atoms with van der Waals surface area (Å²) in [5.74, 6) is 5.65. The number of aromatic amines is 1. The SMILES string of the molecule is CN(CCC(F)(F)F)c1nc(NN)nc2[nH]ncc12. The molecule has 0 aliphatic carbocycles. The number of hydrogen-bond acceptors (Lipinski definition) is 6. The molecule has 7 nitrogen and oxygen atoms in total. The highest BCUT2D eigenvalue weighted by molar-refractivity contribution is 5.87. The summed E-state index contributed by atoms with van der Waals surface area (Å²) in [7, 11) is 1.51. The number of anilines is 2. The van der Waals surface area contributed by atoms with E-state index >= 15 is 0 Å². The minimum atomic E-state index is -4.22. The minimum absolute atomic E-state index is 0.102. The molecule has 4 N–H and O–H groups in total. The third kappa shape index (κ3) is 3.02. The predicted octanol–water partition coefficient (Wildman–Crippen LogP) is 1.03. The number of hydrazine groups is 1. The van der Waals surface area contributed by atoms with Gasteiger partial charge >= 0.3 is 6.18 Å². The van der Waals surface area contributed by atoms with Crippen molar-refractivity contribution in [1.29, 1.82) is 0 Å². The fourth-order valence-electron chi connectivity index (χ4n) is 1.58. The Labute approximate surface area is 106 Å². The molecule has 19 heavy (non-hydrogen) atoms. The van der Waals surface area contributed by atoms with E-state index in [-0.39, 0.29) is 12.5 Å². The van der Waals surface area contributed by atoms with Gasteiger partial charge in [-0.25, -0.2) is 5.84 Å². The molecule has 0 amide bonds. The van der Waals surface area contributed by atoms with Crippen LogP contribution >= 0.6 is 0 Å². The first-order chi connectivity index (χ1) is 8.90. The Morgan fingerprint density at radius 1 is 1.42 bits per heavy atom. The zero-order chi connectivity index (χ0) is 14.0. The third-order valence-electron chi connectivity index (χ3n) is 2.51. The molecule has 0 atom stereocenters. The lowest BCUT2D eigenvalue weighted by atomic mass is 10.3. The van der Waals surface area contributed by atoms with Crippen LogP contribution in [0.3, 0.4) is 0 Å². The van der Waals surface area contributed by atoms with Crippen LogP contribution in [-0.4, -0.2) is 39.9 Å². The third-order valence-corrected chi connectivity index (χ3v) is 2.51. The number of alkyl halides is 3. The summed E-state index contributed by atoms with van der Waals surface area (Å²) in [6.07, 6.45) is -3.70. The Bertz CT molecular complexity index is 564. The maximum absolute atomic E-state index is 12.2. The van der Waals surface area contributed by atoms with Crippen LogP contribution < -0.4 is 16.2 Å². The molecule has 0 aliphatic rings. The predicted molar refractivity (Wildman–Crippen MR) is 63.4 cm³/mol. The van der Waals surface area contributed by atoms with E-state index in [2.05, 4.69) is 25.6 Å². The van der Waals surface area contributed by atoms with E-state index in [1.54, 1.807) is 0 Å². The van der Waals surface area contributed by atoms with Gasteiger partial charge in [-0.3, -0.25) is 10.5 Å². The van der Waals surface area contributed by atoms with Gasteiger partial charge in [0.25, 0.3) is 0 Å². The normalized spacial score (nSPS) is 11.8. The van der Waals surface area contributed by atoms with Crippen molar-refractivity contribution in [2.45, 2.75) is 12.6 Å². The highest BCUT2D eigenvalue weighted by atomic mass is 19.4. The topological polar surface area (TPSA) is 95.8 Å². The molecular formula is C9H12F3N7. The molecule has 2 heterocycles. The maximum Gasteiger partial charge on any atom is 0.390 e. The molecule has 2 rings (SSSR count). The number of fused-ring (bicyclic) bond motifs is 1. The molecule has 2 aromatic heterocycles. The Balaban J connectivity index is 2.29. The van der Waals surface area contributed by atoms with Crippen LogP contribution in [0.1, 0.15) is 6.42 Å². The van der Waals surface area contributed by atoms with Crippen LogP contribution in [-0.2, 0) is 0 Å². The molecule has 2 aromatic rings. The van der Waals surface area contributed by atoms with Gasteiger partial charge in [-0.15, -0.1) is 0 Å². The van der Waals surface area contributed by atoms with Crippen LogP contribution in [0.2, 0.25) is 0 Å². The number of nitrogens with zero attached hydrogens (tertiary/aromatic N) is 4. The molecule has 0 radical (unpaired) electrons. The molecule has 0 saturated carbocycles. The molecule has 104 valence electrons. The standard InChI is InChI=1S/C9H12F3N7/c1-19(3-2-9(10,11)12)7-5-4-14-18-6(5)15-8(16-7)17-13/h4H,2-3,13H2,1H3,(H2,14,15,16,17,18). The second-order valence-electron chi connectivity index (χ2n) is 3.93. The molecule has 0 bridgehead atoms. The zero-order valence-electron chi connectivity index (χ0n) is 9.99. The van der Waals surface area contributed by atoms with E-state index in [9.17, 15) is 13.2 Å². The van der Waals surface area contributed by atoms with Crippen molar-refractivity contribution in [3.05, 3.63) is 6.20 Å². The van der Waals surface area contributed by atoms with Crippen LogP contribution in [0.15, 0.2) is 6.20 Å². The van der Waals surface area contributed by atoms with Crippen molar-refractivity contribution in [1.82, 2.24) is 20.2 Å². The molecule has 10 heteroatoms. The van der Waals surface area contributed by atoms with Crippen LogP contribution in [0.25, 0.3) is 11.0 Å². The number of aromatic nitrogens is 4. The van der Waals surface area contributed by atoms with Gasteiger partial charge < -0.3 is 4.90 Å². The van der Waals surface area contributed by atoms with Crippen LogP contribution in [0, 0.1) is 0 Å². The second kappa shape index (κ2) is 4.88. The number of nitrogens with one attached hydrogen (secondary N) is 2. The number of H-pyrrole nitrogens is 1. The van der Waals surface area contributed by atoms with Crippen molar-refractivity contribution >= 4 is 22.8 Å². The van der Waals surface area contributed by atoms with E-state index in [1.165, 1.54) is 18.1 Å². The first-order valence-corrected chi connectivity index (χ1v) is 5.36. The monoisotopic (exact) mass is 275 g/mol. The number of rotatable bonds is 4. The first-order valence-electron chi connectivity index (χ1n) is 5.36. The van der Waals surface area contributed by atoms with Crippen molar-refractivity contribution in [3.8, 4) is 0 Å². The Kier molecular flexibility index (Phi) is 3.42. The van der Waals surface area contributed by atoms with E-state index < -0.39 is 12.6 Å². The van der Waals surface area contributed by atoms with Gasteiger partial charge in [0.05, 0.1) is 18.0 Å². The van der Waals surface area contributed by atoms with Gasteiger partial charge in [-0.1, -0.05) is 0 Å². The van der Waals surface area contributed by atoms with Crippen LogP contribution in [0.4, 0.5) is 24.9 Å². The molecule has 0 spiro atoms. The molecule has 0 aliphatic heterocycles. The van der Waals surface area contributed by atoms with Crippen molar-refractivity contribution in [2.24, 2.45) is 5.84 Å². The van der Waals surface area contributed by atoms with E-state index in [0.29, 0.717) is 16.9 Å². The highest BCUT2D eigenvalue weighted by Gasteiger charge is 2.27. The van der Waals surface area contributed by atoms with E-state index in [0.717, 1.165) is 0 Å². The molecule has 0 saturated heterocycles. The number of halogens is 3. The fourth-order valence-corrected chi connectivity index (χ4v) is 1.58. The molecule has 0 fully saturated rings. The summed E-state index contributed by atoms with van der Waals surface area (Å²) < 4.78 is 36.7. The summed E-state index contributed by atoms with van der Waals surface area (Å²) in [5, 5.41) is 6.93. The summed E-state index contributed by atoms with van der Waals surface area (Å²) in [5.41, 5.74) is 2.66. The van der Waals surface area contributed by atoms with E-state index in [1.807, 2.05) is 0 Å². The van der Waals surface area contributed by atoms with Crippen molar-refractivity contribution < 1.29 is 13.2 Å². The summed E-state index contributed by atoms with van der Waals surface area (Å²) in [6, 6.07) is 0. The lowest BCUT2D eigenvalue weighted by Crippen LogP contribution is -2.25. The molecule has 0 aromatic carbocycles. The lowest BCUT2D eigenvalue weighted by Gasteiger charge is -2.19. The maximum atomic E-state index is 12.2. The number of nitrogen functional groups attached to an aromatic ring is 1. The second-order valence-corrected chi connectivity index (χ2v) is 3.93. The van der Waals surface area contributed by atoms with E-state index in [4.69, 9.17) is 5.84 Å². The molecule has 0 unspecified atom stereocenters. The Morgan fingerprint density at radius 3 is 2.79 bits per heavy atom. The van der Waals surface area contributed by atoms with Gasteiger partial charge in [0.1, 0.15) is 5.82 Å². The zero-order valence-corrected chi connectivity index (χ0v) is 9.99. The smallest absolute Gasteiger partial charge is 0.359 e. The summed E-state index contributed by atoms with van der Waals surface area (Å²) in [6.45, 7) is -0.217. The summed E-state index contributed by atoms with van der Waals surface area (Å²) >= 11 is 0. The quantitative estimate of drug-likeness (QED) is 0.569. The lowest BCUT2D eigenvalue weighted by molar-refractivity contribution is -0.132.